The largest absolute Gasteiger partial charge is 0.481 e. The number of para-hydroxylation sites is 3. The maximum Gasteiger partial charge on any atom is 0.311 e. The standard InChI is InChI=1S/C10H9NO3.C9H8N2O2.C9H7NO3/c1-13-10(12)6-8-7-4-2-3-5-9(7)14-11-8;10-9(12)5-7-6-3-1-2-4-8(6)13-11-7;11-9(12)5-7-6-3-1-2-4-8(6)13-10-7/h2-5H,6H2,1H3;1-4H,5H2,(H2,10,12);1-4H,5H2,(H,11,12). The van der Waals surface area contributed by atoms with E-state index in [1.807, 2.05) is 54.6 Å². The fraction of sp³-hybridized carbons (Fsp3) is 0.143. The lowest BCUT2D eigenvalue weighted by Gasteiger charge is -1.94. The number of esters is 1. The Bertz CT molecular complexity index is 1680. The number of carbonyl (C=O) groups excluding carboxylic acids is 2. The molecule has 0 radical (unpaired) electrons. The lowest BCUT2D eigenvalue weighted by Crippen LogP contribution is -2.13. The van der Waals surface area contributed by atoms with E-state index in [4.69, 9.17) is 24.4 Å². The highest BCUT2D eigenvalue weighted by atomic mass is 16.5. The average molecular weight is 545 g/mol. The lowest BCUT2D eigenvalue weighted by atomic mass is 10.2. The molecule has 3 heterocycles. The van der Waals surface area contributed by atoms with Gasteiger partial charge in [0.15, 0.2) is 16.7 Å². The first-order chi connectivity index (χ1) is 19.4. The summed E-state index contributed by atoms with van der Waals surface area (Å²) in [5, 5.41) is 22.3. The fourth-order valence-corrected chi connectivity index (χ4v) is 3.71. The number of carboxylic acids is 1. The molecular weight excluding hydrogens is 520 g/mol. The van der Waals surface area contributed by atoms with Crippen LogP contribution >= 0.6 is 0 Å². The number of rotatable bonds is 6. The number of amides is 1. The fourth-order valence-electron chi connectivity index (χ4n) is 3.71. The van der Waals surface area contributed by atoms with Crippen LogP contribution in [-0.4, -0.2) is 45.5 Å². The second-order valence-corrected chi connectivity index (χ2v) is 8.34. The summed E-state index contributed by atoms with van der Waals surface area (Å²) in [5.41, 5.74) is 8.74. The number of hydrogen-bond donors (Lipinski definition) is 2. The molecule has 40 heavy (non-hydrogen) atoms. The molecule has 204 valence electrons. The summed E-state index contributed by atoms with van der Waals surface area (Å²) < 4.78 is 19.5. The normalized spacial score (nSPS) is 10.4. The molecule has 6 aromatic rings. The molecule has 0 saturated carbocycles. The number of methoxy groups -OCH3 is 1. The van der Waals surface area contributed by atoms with Gasteiger partial charge in [-0.15, -0.1) is 0 Å². The van der Waals surface area contributed by atoms with Crippen LogP contribution in [0.15, 0.2) is 86.4 Å². The van der Waals surface area contributed by atoms with Gasteiger partial charge in [0, 0.05) is 16.2 Å². The summed E-state index contributed by atoms with van der Waals surface area (Å²) in [6.07, 6.45) is 0.168. The van der Waals surface area contributed by atoms with Crippen LogP contribution in [0.25, 0.3) is 32.9 Å². The van der Waals surface area contributed by atoms with Crippen LogP contribution in [0.1, 0.15) is 17.1 Å². The molecule has 12 nitrogen and oxygen atoms in total. The monoisotopic (exact) mass is 544 g/mol. The molecule has 0 bridgehead atoms. The zero-order chi connectivity index (χ0) is 28.5. The molecule has 0 saturated heterocycles. The Morgan fingerprint density at radius 3 is 1.43 bits per heavy atom. The Hall–Kier alpha value is -5.52. The van der Waals surface area contributed by atoms with E-state index in [0.717, 1.165) is 16.2 Å². The van der Waals surface area contributed by atoms with Gasteiger partial charge >= 0.3 is 11.9 Å². The van der Waals surface area contributed by atoms with Gasteiger partial charge in [-0.3, -0.25) is 14.4 Å². The van der Waals surface area contributed by atoms with Crippen molar-refractivity contribution in [3.8, 4) is 0 Å². The van der Waals surface area contributed by atoms with Gasteiger partial charge in [0.05, 0.1) is 26.4 Å². The van der Waals surface area contributed by atoms with Crippen molar-refractivity contribution in [2.45, 2.75) is 19.3 Å². The first kappa shape index (κ1) is 27.5. The van der Waals surface area contributed by atoms with Gasteiger partial charge in [0.1, 0.15) is 17.1 Å². The molecule has 0 aliphatic rings. The van der Waals surface area contributed by atoms with E-state index in [1.165, 1.54) is 7.11 Å². The zero-order valence-corrected chi connectivity index (χ0v) is 21.3. The predicted molar refractivity (Wildman–Crippen MR) is 142 cm³/mol. The Balaban J connectivity index is 0.000000139. The lowest BCUT2D eigenvalue weighted by molar-refractivity contribution is -0.140. The van der Waals surface area contributed by atoms with Crippen molar-refractivity contribution < 1.29 is 37.8 Å². The summed E-state index contributed by atoms with van der Waals surface area (Å²) in [4.78, 5) is 32.1. The summed E-state index contributed by atoms with van der Waals surface area (Å²) >= 11 is 0. The number of primary amides is 1. The van der Waals surface area contributed by atoms with Crippen molar-refractivity contribution >= 4 is 50.8 Å². The van der Waals surface area contributed by atoms with E-state index in [9.17, 15) is 14.4 Å². The molecular formula is C28H24N4O8. The minimum Gasteiger partial charge on any atom is -0.481 e. The number of carbonyl (C=O) groups is 3. The van der Waals surface area contributed by atoms with Crippen molar-refractivity contribution in [1.29, 1.82) is 0 Å². The molecule has 0 unspecified atom stereocenters. The smallest absolute Gasteiger partial charge is 0.311 e. The maximum atomic E-state index is 11.0. The van der Waals surface area contributed by atoms with E-state index in [1.54, 1.807) is 18.2 Å². The number of aromatic nitrogens is 3. The molecule has 0 fully saturated rings. The highest BCUT2D eigenvalue weighted by Crippen LogP contribution is 2.19. The third-order valence-corrected chi connectivity index (χ3v) is 5.56. The molecule has 0 spiro atoms. The number of fused-ring (bicyclic) bond motifs is 3. The molecule has 0 aliphatic heterocycles. The number of aliphatic carboxylic acids is 1. The zero-order valence-electron chi connectivity index (χ0n) is 21.3. The molecule has 1 amide bonds. The molecule has 3 aromatic carbocycles. The van der Waals surface area contributed by atoms with Gasteiger partial charge in [0.25, 0.3) is 0 Å². The topological polar surface area (TPSA) is 185 Å². The van der Waals surface area contributed by atoms with Crippen LogP contribution in [0.3, 0.4) is 0 Å². The minimum atomic E-state index is -0.904. The number of nitrogens with two attached hydrogens (primary N) is 1. The predicted octanol–water partition coefficient (Wildman–Crippen LogP) is 3.85. The quantitative estimate of drug-likeness (QED) is 0.290. The highest BCUT2D eigenvalue weighted by Gasteiger charge is 2.12. The van der Waals surface area contributed by atoms with Crippen molar-refractivity contribution in [2.75, 3.05) is 7.11 Å². The number of benzene rings is 3. The number of nitrogens with zero attached hydrogens (tertiary/aromatic N) is 3. The Kier molecular flexibility index (Phi) is 8.82. The van der Waals surface area contributed by atoms with Crippen LogP contribution in [0.4, 0.5) is 0 Å². The summed E-state index contributed by atoms with van der Waals surface area (Å²) in [7, 11) is 1.35. The molecule has 3 aromatic heterocycles. The van der Waals surface area contributed by atoms with Crippen molar-refractivity contribution in [3.63, 3.8) is 0 Å². The Morgan fingerprint density at radius 1 is 0.675 bits per heavy atom. The minimum absolute atomic E-state index is 0.100. The molecule has 0 atom stereocenters. The van der Waals surface area contributed by atoms with Gasteiger partial charge in [-0.2, -0.15) is 0 Å². The van der Waals surface area contributed by atoms with Gasteiger partial charge in [-0.05, 0) is 36.4 Å². The van der Waals surface area contributed by atoms with Crippen LogP contribution in [-0.2, 0) is 38.4 Å². The first-order valence-electron chi connectivity index (χ1n) is 11.9. The molecule has 3 N–H and O–H groups in total. The van der Waals surface area contributed by atoms with Crippen molar-refractivity contribution in [2.24, 2.45) is 5.73 Å². The third kappa shape index (κ3) is 6.86. The molecule has 12 heteroatoms. The first-order valence-corrected chi connectivity index (χ1v) is 11.9. The van der Waals surface area contributed by atoms with Crippen LogP contribution in [0.5, 0.6) is 0 Å². The molecule has 6 rings (SSSR count). The Labute approximate surface area is 226 Å². The Morgan fingerprint density at radius 2 is 1.05 bits per heavy atom. The van der Waals surface area contributed by atoms with E-state index in [2.05, 4.69) is 20.2 Å². The van der Waals surface area contributed by atoms with Crippen LogP contribution in [0, 0.1) is 0 Å². The average Bonchev–Trinajstić information content (AvgIpc) is 3.67. The van der Waals surface area contributed by atoms with E-state index < -0.39 is 11.9 Å². The second-order valence-electron chi connectivity index (χ2n) is 8.34. The van der Waals surface area contributed by atoms with E-state index in [0.29, 0.717) is 33.8 Å². The number of ether oxygens (including phenoxy) is 1. The maximum absolute atomic E-state index is 11.0. The highest BCUT2D eigenvalue weighted by molar-refractivity contribution is 5.86. The number of carboxylic acid groups (broad SMARTS) is 1. The molecule has 0 aliphatic carbocycles. The summed E-state index contributed by atoms with van der Waals surface area (Å²) in [6, 6.07) is 22.0. The van der Waals surface area contributed by atoms with Gasteiger partial charge in [-0.1, -0.05) is 51.9 Å². The summed E-state index contributed by atoms with van der Waals surface area (Å²) in [6.45, 7) is 0. The van der Waals surface area contributed by atoms with Gasteiger partial charge in [0.2, 0.25) is 5.91 Å². The van der Waals surface area contributed by atoms with E-state index in [-0.39, 0.29) is 25.2 Å². The van der Waals surface area contributed by atoms with Crippen molar-refractivity contribution in [1.82, 2.24) is 15.5 Å². The van der Waals surface area contributed by atoms with Gasteiger partial charge < -0.3 is 29.1 Å². The third-order valence-electron chi connectivity index (χ3n) is 5.56. The van der Waals surface area contributed by atoms with E-state index >= 15 is 0 Å². The summed E-state index contributed by atoms with van der Waals surface area (Å²) in [5.74, 6) is -1.62. The second kappa shape index (κ2) is 12.8. The number of hydrogen-bond acceptors (Lipinski definition) is 10. The van der Waals surface area contributed by atoms with Crippen molar-refractivity contribution in [3.05, 3.63) is 89.9 Å². The SMILES string of the molecule is COC(=O)Cc1noc2ccccc12.NC(=O)Cc1noc2ccccc12.O=C(O)Cc1noc2ccccc12. The van der Waals surface area contributed by atoms with Gasteiger partial charge in [-0.25, -0.2) is 0 Å². The van der Waals surface area contributed by atoms with Crippen LogP contribution < -0.4 is 5.73 Å². The van der Waals surface area contributed by atoms with Crippen LogP contribution in [0.2, 0.25) is 0 Å².